The minimum Gasteiger partial charge on any atom is -0.346 e. The number of nitrogens with one attached hydrogen (secondary N) is 2. The first-order chi connectivity index (χ1) is 14.5. The number of halogens is 1. The van der Waals surface area contributed by atoms with E-state index < -0.39 is 0 Å². The number of nitrogens with zero attached hydrogens (tertiary/aromatic N) is 5. The van der Waals surface area contributed by atoms with Gasteiger partial charge in [0, 0.05) is 29.4 Å². The molecule has 0 aliphatic rings. The van der Waals surface area contributed by atoms with Crippen LogP contribution in [0.2, 0.25) is 5.02 Å². The fourth-order valence-corrected chi connectivity index (χ4v) is 3.88. The van der Waals surface area contributed by atoms with Crippen molar-refractivity contribution in [2.75, 3.05) is 0 Å². The summed E-state index contributed by atoms with van der Waals surface area (Å²) in [7, 11) is 0. The number of thiazole rings is 1. The Kier molecular flexibility index (Phi) is 5.61. The first kappa shape index (κ1) is 19.8. The van der Waals surface area contributed by atoms with Gasteiger partial charge in [0.15, 0.2) is 0 Å². The van der Waals surface area contributed by atoms with Crippen LogP contribution in [0.4, 0.5) is 0 Å². The summed E-state index contributed by atoms with van der Waals surface area (Å²) >= 11 is 7.48. The van der Waals surface area contributed by atoms with Crippen LogP contribution in [0.1, 0.15) is 23.0 Å². The zero-order valence-electron chi connectivity index (χ0n) is 15.8. The third kappa shape index (κ3) is 4.25. The molecule has 1 atom stereocenters. The van der Waals surface area contributed by atoms with E-state index >= 15 is 0 Å². The topological polar surface area (TPSA) is 112 Å². The average Bonchev–Trinajstić information content (AvgIpc) is 3.48. The molecule has 0 bridgehead atoms. The summed E-state index contributed by atoms with van der Waals surface area (Å²) in [6.07, 6.45) is 3.48. The van der Waals surface area contributed by atoms with Crippen LogP contribution in [-0.2, 0) is 6.54 Å². The molecule has 4 aromatic rings. The second-order valence-electron chi connectivity index (χ2n) is 6.61. The molecular formula is C20H16ClN7OS. The van der Waals surface area contributed by atoms with E-state index in [9.17, 15) is 4.79 Å². The van der Waals surface area contributed by atoms with Crippen molar-refractivity contribution in [1.29, 1.82) is 5.26 Å². The predicted molar refractivity (Wildman–Crippen MR) is 114 cm³/mol. The van der Waals surface area contributed by atoms with E-state index in [-0.39, 0.29) is 11.9 Å². The van der Waals surface area contributed by atoms with Crippen LogP contribution >= 0.6 is 22.9 Å². The third-order valence-corrected chi connectivity index (χ3v) is 5.52. The molecule has 1 amide bonds. The highest BCUT2D eigenvalue weighted by atomic mass is 35.5. The van der Waals surface area contributed by atoms with Crippen molar-refractivity contribution in [2.45, 2.75) is 19.5 Å². The van der Waals surface area contributed by atoms with Gasteiger partial charge in [0.1, 0.15) is 16.8 Å². The number of hydrogen-bond donors (Lipinski definition) is 2. The average molecular weight is 438 g/mol. The Bertz CT molecular complexity index is 1220. The number of amides is 1. The maximum absolute atomic E-state index is 12.5. The van der Waals surface area contributed by atoms with E-state index in [0.29, 0.717) is 27.8 Å². The van der Waals surface area contributed by atoms with Gasteiger partial charge in [-0.05, 0) is 31.2 Å². The van der Waals surface area contributed by atoms with Crippen LogP contribution in [0, 0.1) is 11.3 Å². The van der Waals surface area contributed by atoms with Gasteiger partial charge in [-0.25, -0.2) is 4.98 Å². The summed E-state index contributed by atoms with van der Waals surface area (Å²) in [4.78, 5) is 16.8. The second kappa shape index (κ2) is 8.49. The molecule has 4 rings (SSSR count). The van der Waals surface area contributed by atoms with Crippen molar-refractivity contribution in [2.24, 2.45) is 0 Å². The summed E-state index contributed by atoms with van der Waals surface area (Å²) in [5.74, 6) is -0.240. The molecule has 0 aliphatic heterocycles. The molecule has 1 unspecified atom stereocenters. The van der Waals surface area contributed by atoms with Crippen molar-refractivity contribution < 1.29 is 4.79 Å². The largest absolute Gasteiger partial charge is 0.346 e. The molecule has 0 aliphatic carbocycles. The molecule has 10 heteroatoms. The van der Waals surface area contributed by atoms with E-state index in [1.54, 1.807) is 34.5 Å². The Balaban J connectivity index is 1.39. The molecule has 8 nitrogen and oxygen atoms in total. The van der Waals surface area contributed by atoms with Crippen molar-refractivity contribution in [3.8, 4) is 28.0 Å². The maximum atomic E-state index is 12.5. The van der Waals surface area contributed by atoms with Crippen LogP contribution in [0.5, 0.6) is 0 Å². The minimum atomic E-state index is -0.240. The van der Waals surface area contributed by atoms with Gasteiger partial charge >= 0.3 is 0 Å². The van der Waals surface area contributed by atoms with Crippen molar-refractivity contribution in [1.82, 2.24) is 30.3 Å². The number of aromatic nitrogens is 5. The molecule has 150 valence electrons. The van der Waals surface area contributed by atoms with Crippen molar-refractivity contribution in [3.05, 3.63) is 64.4 Å². The van der Waals surface area contributed by atoms with E-state index in [1.165, 1.54) is 11.3 Å². The fraction of sp³-hybridized carbons (Fsp3) is 0.150. The first-order valence-corrected chi connectivity index (χ1v) is 10.3. The van der Waals surface area contributed by atoms with Gasteiger partial charge in [-0.1, -0.05) is 17.7 Å². The van der Waals surface area contributed by atoms with Gasteiger partial charge in [0.2, 0.25) is 0 Å². The number of aromatic amines is 1. The Morgan fingerprint density at radius 1 is 1.40 bits per heavy atom. The first-order valence-electron chi connectivity index (χ1n) is 9.03. The van der Waals surface area contributed by atoms with E-state index in [4.69, 9.17) is 16.9 Å². The predicted octanol–water partition coefficient (Wildman–Crippen LogP) is 3.74. The van der Waals surface area contributed by atoms with Gasteiger partial charge in [0.25, 0.3) is 5.91 Å². The monoisotopic (exact) mass is 437 g/mol. The van der Waals surface area contributed by atoms with Crippen LogP contribution in [0.15, 0.2) is 48.1 Å². The fourth-order valence-electron chi connectivity index (χ4n) is 2.88. The Hall–Kier alpha value is -3.48. The molecule has 2 N–H and O–H groups in total. The number of hydrogen-bond acceptors (Lipinski definition) is 6. The Morgan fingerprint density at radius 2 is 2.27 bits per heavy atom. The van der Waals surface area contributed by atoms with Crippen LogP contribution in [0.3, 0.4) is 0 Å². The summed E-state index contributed by atoms with van der Waals surface area (Å²) in [5.41, 5.74) is 3.13. The van der Waals surface area contributed by atoms with E-state index in [2.05, 4.69) is 25.6 Å². The molecule has 3 aromatic heterocycles. The number of rotatable bonds is 6. The minimum absolute atomic E-state index is 0.160. The second-order valence-corrected chi connectivity index (χ2v) is 7.88. The maximum Gasteiger partial charge on any atom is 0.271 e. The number of nitriles is 1. The standard InChI is InChI=1S/C20H16ClN7OS/c1-12(24-19(29)18-11-30-20(25-18)17-4-6-23-26-17)10-28-7-5-16(27-28)13-2-3-14(9-22)15(21)8-13/h2-8,11-12H,10H2,1H3,(H,23,26)(H,24,29). The summed E-state index contributed by atoms with van der Waals surface area (Å²) in [6.45, 7) is 2.40. The summed E-state index contributed by atoms with van der Waals surface area (Å²) < 4.78 is 1.75. The summed E-state index contributed by atoms with van der Waals surface area (Å²) in [5, 5.41) is 26.0. The molecule has 0 saturated heterocycles. The SMILES string of the molecule is CC(Cn1ccc(-c2ccc(C#N)c(Cl)c2)n1)NC(=O)c1csc(-c2ccn[nH]2)n1. The highest BCUT2D eigenvalue weighted by Crippen LogP contribution is 2.24. The Labute approximate surface area is 181 Å². The molecule has 0 fully saturated rings. The molecule has 0 radical (unpaired) electrons. The number of H-pyrrole nitrogens is 1. The van der Waals surface area contributed by atoms with Gasteiger partial charge in [0.05, 0.1) is 28.5 Å². The van der Waals surface area contributed by atoms with Crippen molar-refractivity contribution in [3.63, 3.8) is 0 Å². The molecule has 30 heavy (non-hydrogen) atoms. The molecule has 3 heterocycles. The summed E-state index contributed by atoms with van der Waals surface area (Å²) in [6, 6.07) is 10.7. The highest BCUT2D eigenvalue weighted by Gasteiger charge is 2.15. The van der Waals surface area contributed by atoms with Gasteiger partial charge < -0.3 is 5.32 Å². The number of benzene rings is 1. The Morgan fingerprint density at radius 3 is 3.00 bits per heavy atom. The third-order valence-electron chi connectivity index (χ3n) is 4.33. The van der Waals surface area contributed by atoms with E-state index in [0.717, 1.165) is 17.0 Å². The normalized spacial score (nSPS) is 11.8. The molecular weight excluding hydrogens is 422 g/mol. The quantitative estimate of drug-likeness (QED) is 0.477. The lowest BCUT2D eigenvalue weighted by Gasteiger charge is -2.13. The van der Waals surface area contributed by atoms with Crippen LogP contribution in [0.25, 0.3) is 22.0 Å². The lowest BCUT2D eigenvalue weighted by Crippen LogP contribution is -2.36. The number of carbonyl (C=O) groups excluding carboxylic acids is 1. The zero-order valence-corrected chi connectivity index (χ0v) is 17.4. The molecule has 0 saturated carbocycles. The van der Waals surface area contributed by atoms with Crippen LogP contribution < -0.4 is 5.32 Å². The van der Waals surface area contributed by atoms with E-state index in [1.807, 2.05) is 31.3 Å². The van der Waals surface area contributed by atoms with Gasteiger partial charge in [-0.2, -0.15) is 15.5 Å². The van der Waals surface area contributed by atoms with Gasteiger partial charge in [-0.15, -0.1) is 11.3 Å². The number of carbonyl (C=O) groups is 1. The van der Waals surface area contributed by atoms with Crippen molar-refractivity contribution >= 4 is 28.8 Å². The highest BCUT2D eigenvalue weighted by molar-refractivity contribution is 7.13. The molecule has 1 aromatic carbocycles. The zero-order chi connectivity index (χ0) is 21.1. The lowest BCUT2D eigenvalue weighted by atomic mass is 10.1. The smallest absolute Gasteiger partial charge is 0.271 e. The van der Waals surface area contributed by atoms with Gasteiger partial charge in [-0.3, -0.25) is 14.6 Å². The lowest BCUT2D eigenvalue weighted by molar-refractivity contribution is 0.0931. The van der Waals surface area contributed by atoms with Crippen LogP contribution in [-0.4, -0.2) is 36.9 Å². The molecule has 0 spiro atoms.